The van der Waals surface area contributed by atoms with Gasteiger partial charge in [-0.2, -0.15) is 0 Å². The van der Waals surface area contributed by atoms with Crippen LogP contribution in [0.5, 0.6) is 0 Å². The molecule has 1 aromatic rings. The number of hydrogen-bond donors (Lipinski definition) is 1. The van der Waals surface area contributed by atoms with Gasteiger partial charge in [-0.05, 0) is 25.3 Å². The van der Waals surface area contributed by atoms with Crippen molar-refractivity contribution >= 4 is 0 Å². The van der Waals surface area contributed by atoms with Gasteiger partial charge in [0.1, 0.15) is 0 Å². The van der Waals surface area contributed by atoms with Crippen LogP contribution in [0.2, 0.25) is 0 Å². The minimum atomic E-state index is -0.235. The molecule has 18 heavy (non-hydrogen) atoms. The van der Waals surface area contributed by atoms with Gasteiger partial charge < -0.3 is 5.11 Å². The Morgan fingerprint density at radius 3 is 2.67 bits per heavy atom. The highest BCUT2D eigenvalue weighted by molar-refractivity contribution is 5.19. The maximum atomic E-state index is 10.2. The third-order valence-electron chi connectivity index (χ3n) is 3.93. The Balaban J connectivity index is 2.17. The van der Waals surface area contributed by atoms with Crippen molar-refractivity contribution in [1.82, 2.24) is 4.90 Å². The fraction of sp³-hybridized carbons (Fsp3) is 0.500. The summed E-state index contributed by atoms with van der Waals surface area (Å²) in [6.45, 7) is 5.20. The summed E-state index contributed by atoms with van der Waals surface area (Å²) in [5.74, 6) is 0. The third-order valence-corrected chi connectivity index (χ3v) is 3.93. The Hall–Kier alpha value is -1.12. The van der Waals surface area contributed by atoms with Crippen LogP contribution in [-0.2, 0) is 0 Å². The molecule has 0 aliphatic carbocycles. The van der Waals surface area contributed by atoms with Crippen LogP contribution >= 0.6 is 0 Å². The van der Waals surface area contributed by atoms with Crippen LogP contribution in [0.15, 0.2) is 42.5 Å². The first kappa shape index (κ1) is 13.3. The van der Waals surface area contributed by atoms with Crippen LogP contribution in [0.3, 0.4) is 0 Å². The predicted octanol–water partition coefficient (Wildman–Crippen LogP) is 3.15. The van der Waals surface area contributed by atoms with Gasteiger partial charge in [-0.1, -0.05) is 49.4 Å². The van der Waals surface area contributed by atoms with Crippen LogP contribution in [-0.4, -0.2) is 28.7 Å². The lowest BCUT2D eigenvalue weighted by Gasteiger charge is -2.40. The molecule has 1 aliphatic rings. The molecule has 0 bridgehead atoms. The van der Waals surface area contributed by atoms with E-state index < -0.39 is 0 Å². The Bertz CT molecular complexity index is 387. The summed E-state index contributed by atoms with van der Waals surface area (Å²) in [4.78, 5) is 2.41. The number of nitrogens with zero attached hydrogens (tertiary/aromatic N) is 1. The zero-order chi connectivity index (χ0) is 13.0. The summed E-state index contributed by atoms with van der Waals surface area (Å²) in [5.41, 5.74) is 1.32. The van der Waals surface area contributed by atoms with Crippen molar-refractivity contribution in [3.63, 3.8) is 0 Å². The lowest BCUT2D eigenvalue weighted by molar-refractivity contribution is 0.0292. The maximum Gasteiger partial charge on any atom is 0.0696 e. The lowest BCUT2D eigenvalue weighted by Crippen LogP contribution is -2.46. The molecule has 1 N–H and O–H groups in total. The number of benzene rings is 1. The average Bonchev–Trinajstić information content (AvgIpc) is 2.46. The van der Waals surface area contributed by atoms with E-state index in [1.165, 1.54) is 5.56 Å². The van der Waals surface area contributed by atoms with Gasteiger partial charge in [-0.3, -0.25) is 4.90 Å². The number of hydrogen-bond acceptors (Lipinski definition) is 2. The van der Waals surface area contributed by atoms with Crippen molar-refractivity contribution in [2.45, 2.75) is 44.9 Å². The molecule has 1 aromatic carbocycles. The molecule has 0 spiro atoms. The number of aliphatic hydroxyl groups is 1. The van der Waals surface area contributed by atoms with Crippen molar-refractivity contribution in [3.8, 4) is 0 Å². The zero-order valence-corrected chi connectivity index (χ0v) is 11.3. The Morgan fingerprint density at radius 1 is 1.28 bits per heavy atom. The van der Waals surface area contributed by atoms with E-state index >= 15 is 0 Å². The highest BCUT2D eigenvalue weighted by Gasteiger charge is 2.29. The Morgan fingerprint density at radius 2 is 2.00 bits per heavy atom. The standard InChI is InChI=1S/C16H23NO/c1-3-16(18)15-11-7-8-12-17(15)13(2)14-9-5-4-6-10-14/h4-10,13,15-16,18H,3,11-12H2,1-2H3/t13-,15+,16+/m0/s1. The fourth-order valence-corrected chi connectivity index (χ4v) is 2.72. The van der Waals surface area contributed by atoms with Gasteiger partial charge in [0.2, 0.25) is 0 Å². The minimum Gasteiger partial charge on any atom is -0.391 e. The van der Waals surface area contributed by atoms with E-state index in [-0.39, 0.29) is 12.1 Å². The first-order chi connectivity index (χ1) is 8.74. The van der Waals surface area contributed by atoms with Crippen LogP contribution in [0, 0.1) is 0 Å². The summed E-state index contributed by atoms with van der Waals surface area (Å²) < 4.78 is 0. The van der Waals surface area contributed by atoms with Crippen LogP contribution in [0.25, 0.3) is 0 Å². The normalized spacial score (nSPS) is 23.8. The molecule has 1 aliphatic heterocycles. The van der Waals surface area contributed by atoms with Crippen LogP contribution < -0.4 is 0 Å². The SMILES string of the molecule is CC[C@@H](O)[C@H]1CC=CCN1[C@@H](C)c1ccccc1. The highest BCUT2D eigenvalue weighted by Crippen LogP contribution is 2.28. The highest BCUT2D eigenvalue weighted by atomic mass is 16.3. The quantitative estimate of drug-likeness (QED) is 0.824. The third kappa shape index (κ3) is 2.82. The van der Waals surface area contributed by atoms with Crippen LogP contribution in [0.4, 0.5) is 0 Å². The molecule has 0 fully saturated rings. The molecule has 98 valence electrons. The van der Waals surface area contributed by atoms with Crippen molar-refractivity contribution < 1.29 is 5.11 Å². The molecule has 0 radical (unpaired) electrons. The zero-order valence-electron chi connectivity index (χ0n) is 11.3. The monoisotopic (exact) mass is 245 g/mol. The Labute approximate surface area is 110 Å². The topological polar surface area (TPSA) is 23.5 Å². The second-order valence-electron chi connectivity index (χ2n) is 5.03. The Kier molecular flexibility index (Phi) is 4.56. The molecule has 0 saturated carbocycles. The molecule has 0 unspecified atom stereocenters. The molecule has 0 amide bonds. The van der Waals surface area contributed by atoms with Gasteiger partial charge in [0, 0.05) is 18.6 Å². The predicted molar refractivity (Wildman–Crippen MR) is 75.4 cm³/mol. The van der Waals surface area contributed by atoms with Gasteiger partial charge in [0.15, 0.2) is 0 Å². The van der Waals surface area contributed by atoms with E-state index in [0.29, 0.717) is 6.04 Å². The van der Waals surface area contributed by atoms with Crippen LogP contribution in [0.1, 0.15) is 38.3 Å². The number of aliphatic hydroxyl groups excluding tert-OH is 1. The molecular formula is C16H23NO. The van der Waals surface area contributed by atoms with E-state index in [4.69, 9.17) is 0 Å². The summed E-state index contributed by atoms with van der Waals surface area (Å²) in [6, 6.07) is 11.1. The van der Waals surface area contributed by atoms with E-state index in [0.717, 1.165) is 19.4 Å². The van der Waals surface area contributed by atoms with Crippen molar-refractivity contribution in [2.75, 3.05) is 6.54 Å². The fourth-order valence-electron chi connectivity index (χ4n) is 2.72. The van der Waals surface area contributed by atoms with E-state index in [9.17, 15) is 5.11 Å². The molecule has 2 heteroatoms. The van der Waals surface area contributed by atoms with Crippen molar-refractivity contribution in [1.29, 1.82) is 0 Å². The van der Waals surface area contributed by atoms with Crippen molar-refractivity contribution in [3.05, 3.63) is 48.0 Å². The molecule has 3 atom stereocenters. The van der Waals surface area contributed by atoms with Gasteiger partial charge >= 0.3 is 0 Å². The lowest BCUT2D eigenvalue weighted by atomic mass is 9.96. The minimum absolute atomic E-state index is 0.235. The van der Waals surface area contributed by atoms with E-state index in [2.05, 4.69) is 48.2 Å². The molecule has 1 heterocycles. The summed E-state index contributed by atoms with van der Waals surface area (Å²) in [5, 5.41) is 10.2. The first-order valence-corrected chi connectivity index (χ1v) is 6.87. The maximum absolute atomic E-state index is 10.2. The average molecular weight is 245 g/mol. The van der Waals surface area contributed by atoms with Gasteiger partial charge in [0.05, 0.1) is 6.10 Å². The molecule has 2 rings (SSSR count). The molecule has 0 aromatic heterocycles. The van der Waals surface area contributed by atoms with E-state index in [1.807, 2.05) is 13.0 Å². The first-order valence-electron chi connectivity index (χ1n) is 6.87. The smallest absolute Gasteiger partial charge is 0.0696 e. The van der Waals surface area contributed by atoms with Gasteiger partial charge in [0.25, 0.3) is 0 Å². The summed E-state index contributed by atoms with van der Waals surface area (Å²) in [7, 11) is 0. The number of rotatable bonds is 4. The van der Waals surface area contributed by atoms with Gasteiger partial charge in [-0.25, -0.2) is 0 Å². The second kappa shape index (κ2) is 6.17. The summed E-state index contributed by atoms with van der Waals surface area (Å²) >= 11 is 0. The van der Waals surface area contributed by atoms with Gasteiger partial charge in [-0.15, -0.1) is 0 Å². The summed E-state index contributed by atoms with van der Waals surface area (Å²) in [6.07, 6.45) is 5.93. The molecule has 2 nitrogen and oxygen atoms in total. The molecule has 0 saturated heterocycles. The van der Waals surface area contributed by atoms with Crippen molar-refractivity contribution in [2.24, 2.45) is 0 Å². The largest absolute Gasteiger partial charge is 0.391 e. The second-order valence-corrected chi connectivity index (χ2v) is 5.03. The van der Waals surface area contributed by atoms with E-state index in [1.54, 1.807) is 0 Å². The molecular weight excluding hydrogens is 222 g/mol.